The van der Waals surface area contributed by atoms with E-state index in [1.807, 2.05) is 0 Å². The van der Waals surface area contributed by atoms with Crippen molar-refractivity contribution in [2.75, 3.05) is 0 Å². The molecule has 0 amide bonds. The standard InChI is InChI=1S/C9H6Cl2O2.ClH/c10-7-3-1-6(5-8(7)11)2-4-9(12)13;/h1-5H,(H,12,13);1H. The van der Waals surface area contributed by atoms with Crippen molar-refractivity contribution in [3.05, 3.63) is 39.9 Å². The average Bonchev–Trinajstić information content (AvgIpc) is 2.07. The van der Waals surface area contributed by atoms with E-state index < -0.39 is 5.97 Å². The quantitative estimate of drug-likeness (QED) is 0.819. The molecule has 0 saturated heterocycles. The molecule has 0 fully saturated rings. The van der Waals surface area contributed by atoms with Crippen LogP contribution in [0.15, 0.2) is 24.3 Å². The van der Waals surface area contributed by atoms with Gasteiger partial charge < -0.3 is 5.11 Å². The van der Waals surface area contributed by atoms with Crippen LogP contribution < -0.4 is 0 Å². The zero-order valence-electron chi connectivity index (χ0n) is 6.91. The van der Waals surface area contributed by atoms with Crippen molar-refractivity contribution in [2.24, 2.45) is 0 Å². The molecule has 0 aliphatic heterocycles. The monoisotopic (exact) mass is 252 g/mol. The van der Waals surface area contributed by atoms with Gasteiger partial charge in [0, 0.05) is 6.08 Å². The number of aliphatic carboxylic acids is 1. The van der Waals surface area contributed by atoms with Gasteiger partial charge in [-0.1, -0.05) is 29.3 Å². The van der Waals surface area contributed by atoms with Gasteiger partial charge in [0.1, 0.15) is 0 Å². The summed E-state index contributed by atoms with van der Waals surface area (Å²) in [6.07, 6.45) is 2.49. The van der Waals surface area contributed by atoms with E-state index in [4.69, 9.17) is 28.3 Å². The van der Waals surface area contributed by atoms with Gasteiger partial charge in [0.25, 0.3) is 0 Å². The lowest BCUT2D eigenvalue weighted by Crippen LogP contribution is -1.85. The third-order valence-electron chi connectivity index (χ3n) is 1.36. The Morgan fingerprint density at radius 2 is 1.93 bits per heavy atom. The maximum Gasteiger partial charge on any atom is 0.328 e. The van der Waals surface area contributed by atoms with Gasteiger partial charge in [0.15, 0.2) is 0 Å². The zero-order chi connectivity index (χ0) is 9.84. The Morgan fingerprint density at radius 1 is 1.29 bits per heavy atom. The first kappa shape index (κ1) is 13.3. The number of carboxylic acids is 1. The van der Waals surface area contributed by atoms with Crippen molar-refractivity contribution in [3.8, 4) is 0 Å². The van der Waals surface area contributed by atoms with Crippen molar-refractivity contribution >= 4 is 47.7 Å². The summed E-state index contributed by atoms with van der Waals surface area (Å²) in [6.45, 7) is 0. The van der Waals surface area contributed by atoms with Gasteiger partial charge in [-0.15, -0.1) is 12.4 Å². The number of carboxylic acid groups (broad SMARTS) is 1. The molecular formula is C9H7Cl3O2. The lowest BCUT2D eigenvalue weighted by molar-refractivity contribution is -0.131. The number of carbonyl (C=O) groups is 1. The van der Waals surface area contributed by atoms with Crippen LogP contribution in [0.25, 0.3) is 6.08 Å². The number of hydrogen-bond acceptors (Lipinski definition) is 1. The van der Waals surface area contributed by atoms with E-state index in [0.29, 0.717) is 15.6 Å². The van der Waals surface area contributed by atoms with Crippen LogP contribution in [0, 0.1) is 0 Å². The average molecular weight is 254 g/mol. The molecule has 0 aliphatic carbocycles. The summed E-state index contributed by atoms with van der Waals surface area (Å²) in [4.78, 5) is 10.2. The minimum absolute atomic E-state index is 0. The summed E-state index contributed by atoms with van der Waals surface area (Å²) in [5, 5.41) is 9.22. The zero-order valence-corrected chi connectivity index (χ0v) is 9.23. The van der Waals surface area contributed by atoms with E-state index in [1.165, 1.54) is 6.08 Å². The number of hydrogen-bond donors (Lipinski definition) is 1. The summed E-state index contributed by atoms with van der Waals surface area (Å²) >= 11 is 11.4. The van der Waals surface area contributed by atoms with Gasteiger partial charge in [-0.2, -0.15) is 0 Å². The molecule has 0 spiro atoms. The van der Waals surface area contributed by atoms with Crippen LogP contribution >= 0.6 is 35.6 Å². The fourth-order valence-corrected chi connectivity index (χ4v) is 1.09. The summed E-state index contributed by atoms with van der Waals surface area (Å²) in [5.74, 6) is -0.994. The fraction of sp³-hybridized carbons (Fsp3) is 0. The van der Waals surface area contributed by atoms with E-state index in [0.717, 1.165) is 6.08 Å². The molecule has 1 aromatic rings. The molecule has 0 aliphatic rings. The molecular weight excluding hydrogens is 246 g/mol. The summed E-state index contributed by atoms with van der Waals surface area (Å²) in [7, 11) is 0. The lowest BCUT2D eigenvalue weighted by Gasteiger charge is -1.96. The molecule has 14 heavy (non-hydrogen) atoms. The molecule has 0 atom stereocenters. The second-order valence-corrected chi connectivity index (χ2v) is 3.16. The second-order valence-electron chi connectivity index (χ2n) is 2.35. The van der Waals surface area contributed by atoms with Gasteiger partial charge >= 0.3 is 5.97 Å². The van der Waals surface area contributed by atoms with Crippen molar-refractivity contribution in [2.45, 2.75) is 0 Å². The summed E-state index contributed by atoms with van der Waals surface area (Å²) in [5.41, 5.74) is 0.705. The predicted molar refractivity (Wildman–Crippen MR) is 60.4 cm³/mol. The molecule has 1 rings (SSSR count). The van der Waals surface area contributed by atoms with Gasteiger partial charge in [0.05, 0.1) is 10.0 Å². The SMILES string of the molecule is Cl.O=C(O)C=Cc1ccc(Cl)c(Cl)c1. The van der Waals surface area contributed by atoms with Gasteiger partial charge in [-0.25, -0.2) is 4.79 Å². The van der Waals surface area contributed by atoms with E-state index in [9.17, 15) is 4.79 Å². The third-order valence-corrected chi connectivity index (χ3v) is 2.10. The molecule has 1 aromatic carbocycles. The molecule has 0 saturated carbocycles. The highest BCUT2D eigenvalue weighted by atomic mass is 35.5. The Morgan fingerprint density at radius 3 is 2.43 bits per heavy atom. The van der Waals surface area contributed by atoms with E-state index >= 15 is 0 Å². The molecule has 0 aromatic heterocycles. The van der Waals surface area contributed by atoms with Crippen molar-refractivity contribution < 1.29 is 9.90 Å². The van der Waals surface area contributed by atoms with Crippen LogP contribution in [0.3, 0.4) is 0 Å². The first-order valence-corrected chi connectivity index (χ1v) is 4.21. The Kier molecular flexibility index (Phi) is 5.62. The van der Waals surface area contributed by atoms with Crippen LogP contribution in [0.1, 0.15) is 5.56 Å². The molecule has 0 bridgehead atoms. The van der Waals surface area contributed by atoms with Gasteiger partial charge in [-0.05, 0) is 23.8 Å². The fourth-order valence-electron chi connectivity index (χ4n) is 0.784. The van der Waals surface area contributed by atoms with Gasteiger partial charge in [-0.3, -0.25) is 0 Å². The molecule has 0 unspecified atom stereocenters. The van der Waals surface area contributed by atoms with Gasteiger partial charge in [0.2, 0.25) is 0 Å². The highest BCUT2D eigenvalue weighted by molar-refractivity contribution is 6.42. The third kappa shape index (κ3) is 4.01. The van der Waals surface area contributed by atoms with Crippen molar-refractivity contribution in [1.29, 1.82) is 0 Å². The van der Waals surface area contributed by atoms with E-state index in [1.54, 1.807) is 18.2 Å². The molecule has 5 heteroatoms. The smallest absolute Gasteiger partial charge is 0.328 e. The lowest BCUT2D eigenvalue weighted by atomic mass is 10.2. The normalized spacial score (nSPS) is 9.86. The Hall–Kier alpha value is -0.700. The molecule has 0 radical (unpaired) electrons. The van der Waals surface area contributed by atoms with E-state index in [-0.39, 0.29) is 12.4 Å². The minimum Gasteiger partial charge on any atom is -0.478 e. The van der Waals surface area contributed by atoms with Crippen LogP contribution in [-0.2, 0) is 4.79 Å². The largest absolute Gasteiger partial charge is 0.478 e. The van der Waals surface area contributed by atoms with Crippen LogP contribution in [0.5, 0.6) is 0 Å². The maximum atomic E-state index is 10.2. The first-order valence-electron chi connectivity index (χ1n) is 3.45. The highest BCUT2D eigenvalue weighted by Gasteiger charge is 1.96. The molecule has 76 valence electrons. The van der Waals surface area contributed by atoms with Crippen LogP contribution in [-0.4, -0.2) is 11.1 Å². The molecule has 0 heterocycles. The van der Waals surface area contributed by atoms with Crippen LogP contribution in [0.2, 0.25) is 10.0 Å². The first-order chi connectivity index (χ1) is 6.09. The van der Waals surface area contributed by atoms with Crippen LogP contribution in [0.4, 0.5) is 0 Å². The van der Waals surface area contributed by atoms with Crippen molar-refractivity contribution in [1.82, 2.24) is 0 Å². The summed E-state index contributed by atoms with van der Waals surface area (Å²) in [6, 6.07) is 4.91. The highest BCUT2D eigenvalue weighted by Crippen LogP contribution is 2.22. The Bertz CT molecular complexity index is 361. The van der Waals surface area contributed by atoms with E-state index in [2.05, 4.69) is 0 Å². The number of halogens is 3. The second kappa shape index (κ2) is 5.91. The molecule has 1 N–H and O–H groups in total. The number of benzene rings is 1. The topological polar surface area (TPSA) is 37.3 Å². The Balaban J connectivity index is 0.00000169. The maximum absolute atomic E-state index is 10.2. The summed E-state index contributed by atoms with van der Waals surface area (Å²) < 4.78 is 0. The molecule has 2 nitrogen and oxygen atoms in total. The van der Waals surface area contributed by atoms with Crippen molar-refractivity contribution in [3.63, 3.8) is 0 Å². The Labute approximate surface area is 97.6 Å². The predicted octanol–water partition coefficient (Wildman–Crippen LogP) is 3.51. The number of rotatable bonds is 2. The minimum atomic E-state index is -0.994.